The molecule has 1 N–H and O–H groups in total. The average Bonchev–Trinajstić information content (AvgIpc) is 3.03. The van der Waals surface area contributed by atoms with Crippen molar-refractivity contribution in [2.45, 2.75) is 12.2 Å². The molecule has 80 valence electrons. The van der Waals surface area contributed by atoms with Crippen LogP contribution in [-0.4, -0.2) is 23.9 Å². The van der Waals surface area contributed by atoms with Gasteiger partial charge in [0.15, 0.2) is 5.76 Å². The molecule has 0 amide bonds. The van der Waals surface area contributed by atoms with E-state index >= 15 is 0 Å². The van der Waals surface area contributed by atoms with Crippen molar-refractivity contribution in [3.05, 3.63) is 34.4 Å². The van der Waals surface area contributed by atoms with Crippen LogP contribution in [-0.2, 0) is 4.74 Å². The topological polar surface area (TPSA) is 63.0 Å². The molecule has 0 aliphatic carbocycles. The lowest BCUT2D eigenvalue weighted by Gasteiger charge is -1.83. The second-order valence-corrected chi connectivity index (χ2v) is 3.11. The van der Waals surface area contributed by atoms with E-state index in [1.165, 1.54) is 6.07 Å². The van der Waals surface area contributed by atoms with Gasteiger partial charge in [-0.05, 0) is 23.8 Å². The summed E-state index contributed by atoms with van der Waals surface area (Å²) in [5, 5.41) is 8.66. The van der Waals surface area contributed by atoms with E-state index in [0.29, 0.717) is 0 Å². The van der Waals surface area contributed by atoms with Crippen molar-refractivity contribution >= 4 is 0 Å². The third-order valence-corrected chi connectivity index (χ3v) is 1.92. The highest BCUT2D eigenvalue weighted by Gasteiger charge is 2.36. The van der Waals surface area contributed by atoms with Gasteiger partial charge in [0, 0.05) is 6.07 Å². The van der Waals surface area contributed by atoms with Gasteiger partial charge in [-0.15, -0.1) is 0 Å². The van der Waals surface area contributed by atoms with Crippen LogP contribution < -0.4 is 5.63 Å². The second kappa shape index (κ2) is 4.67. The van der Waals surface area contributed by atoms with E-state index < -0.39 is 5.63 Å². The van der Waals surface area contributed by atoms with Crippen molar-refractivity contribution < 1.29 is 14.3 Å². The molecule has 1 fully saturated rings. The number of aliphatic hydroxyl groups is 1. The molecule has 1 aliphatic rings. The molecule has 2 heterocycles. The van der Waals surface area contributed by atoms with E-state index in [0.717, 1.165) is 0 Å². The summed E-state index contributed by atoms with van der Waals surface area (Å²) in [6.07, 6.45) is -0.397. The Kier molecular flexibility index (Phi) is 3.07. The largest absolute Gasteiger partial charge is 0.414 e. The highest BCUT2D eigenvalue weighted by atomic mass is 16.6. The lowest BCUT2D eigenvalue weighted by molar-refractivity contribution is 0.243. The lowest BCUT2D eigenvalue weighted by atomic mass is 10.3. The molecule has 1 aliphatic heterocycles. The predicted molar refractivity (Wildman–Crippen MR) is 55.4 cm³/mol. The number of ether oxygens (including phenoxy) is 1. The first-order valence-electron chi connectivity index (χ1n) is 4.67. The minimum atomic E-state index is -0.439. The van der Waals surface area contributed by atoms with Crippen molar-refractivity contribution in [2.24, 2.45) is 0 Å². The molecule has 0 aromatic carbocycles. The van der Waals surface area contributed by atoms with Gasteiger partial charge in [0.1, 0.15) is 12.2 Å². The van der Waals surface area contributed by atoms with E-state index in [1.807, 2.05) is 0 Å². The summed E-state index contributed by atoms with van der Waals surface area (Å²) in [7, 11) is 0. The maximum Gasteiger partial charge on any atom is 0.336 e. The van der Waals surface area contributed by atoms with Gasteiger partial charge in [-0.25, -0.2) is 4.79 Å². The molecule has 0 radical (unpaired) electrons. The Morgan fingerprint density at radius 1 is 1.38 bits per heavy atom. The molecule has 0 bridgehead atoms. The molecular weight excluding hydrogens is 208 g/mol. The SMILES string of the molecule is O=c1cccc(C#CC#C[C@H]2O[C@@H]2CO)o1. The van der Waals surface area contributed by atoms with Gasteiger partial charge in [-0.3, -0.25) is 0 Å². The van der Waals surface area contributed by atoms with E-state index in [-0.39, 0.29) is 24.6 Å². The molecule has 2 rings (SSSR count). The van der Waals surface area contributed by atoms with Gasteiger partial charge < -0.3 is 14.3 Å². The molecule has 0 unspecified atom stereocenters. The second-order valence-electron chi connectivity index (χ2n) is 3.11. The van der Waals surface area contributed by atoms with Gasteiger partial charge in [0.2, 0.25) is 0 Å². The number of hydrogen-bond acceptors (Lipinski definition) is 4. The summed E-state index contributed by atoms with van der Waals surface area (Å²) in [6, 6.07) is 4.45. The Hall–Kier alpha value is -2.01. The fourth-order valence-corrected chi connectivity index (χ4v) is 1.07. The number of hydrogen-bond donors (Lipinski definition) is 1. The summed E-state index contributed by atoms with van der Waals surface area (Å²) in [6.45, 7) is -0.0274. The van der Waals surface area contributed by atoms with Crippen LogP contribution >= 0.6 is 0 Å². The number of epoxide rings is 1. The number of rotatable bonds is 1. The Balaban J connectivity index is 1.98. The van der Waals surface area contributed by atoms with Crippen LogP contribution in [0.15, 0.2) is 27.4 Å². The quantitative estimate of drug-likeness (QED) is 0.519. The third kappa shape index (κ3) is 2.74. The normalized spacial score (nSPS) is 21.3. The summed E-state index contributed by atoms with van der Waals surface area (Å²) in [5.41, 5.74) is -0.439. The molecule has 16 heavy (non-hydrogen) atoms. The van der Waals surface area contributed by atoms with Crippen LogP contribution in [0.25, 0.3) is 0 Å². The average molecular weight is 216 g/mol. The van der Waals surface area contributed by atoms with Crippen molar-refractivity contribution in [1.29, 1.82) is 0 Å². The van der Waals surface area contributed by atoms with Crippen LogP contribution in [0, 0.1) is 23.7 Å². The zero-order valence-electron chi connectivity index (χ0n) is 8.27. The first kappa shape index (κ1) is 10.5. The first-order chi connectivity index (χ1) is 7.79. The molecule has 1 aromatic heterocycles. The van der Waals surface area contributed by atoms with Crippen LogP contribution in [0.3, 0.4) is 0 Å². The smallest absolute Gasteiger partial charge is 0.336 e. The van der Waals surface area contributed by atoms with Gasteiger partial charge in [-0.1, -0.05) is 12.0 Å². The van der Waals surface area contributed by atoms with Gasteiger partial charge >= 0.3 is 5.63 Å². The zero-order valence-corrected chi connectivity index (χ0v) is 8.27. The van der Waals surface area contributed by atoms with Gasteiger partial charge in [-0.2, -0.15) is 0 Å². The highest BCUT2D eigenvalue weighted by Crippen LogP contribution is 2.19. The number of aliphatic hydroxyl groups excluding tert-OH is 1. The molecule has 1 aromatic rings. The fourth-order valence-electron chi connectivity index (χ4n) is 1.07. The van der Waals surface area contributed by atoms with E-state index in [9.17, 15) is 4.79 Å². The summed E-state index contributed by atoms with van der Waals surface area (Å²) in [4.78, 5) is 10.8. The zero-order chi connectivity index (χ0) is 11.4. The summed E-state index contributed by atoms with van der Waals surface area (Å²) in [5.74, 6) is 10.7. The predicted octanol–water partition coefficient (Wildman–Crippen LogP) is -0.246. The summed E-state index contributed by atoms with van der Waals surface area (Å²) >= 11 is 0. The Morgan fingerprint density at radius 3 is 2.94 bits per heavy atom. The Bertz CT molecular complexity index is 550. The summed E-state index contributed by atoms with van der Waals surface area (Å²) < 4.78 is 9.75. The molecule has 2 atom stereocenters. The van der Waals surface area contributed by atoms with Gasteiger partial charge in [0.25, 0.3) is 0 Å². The molecule has 1 saturated heterocycles. The van der Waals surface area contributed by atoms with Crippen molar-refractivity contribution in [2.75, 3.05) is 6.61 Å². The van der Waals surface area contributed by atoms with Crippen LogP contribution in [0.4, 0.5) is 0 Å². The van der Waals surface area contributed by atoms with Crippen LogP contribution in [0.1, 0.15) is 5.76 Å². The minimum absolute atomic E-state index is 0.0274. The maximum atomic E-state index is 10.8. The molecular formula is C12H8O4. The van der Waals surface area contributed by atoms with E-state index in [2.05, 4.69) is 23.7 Å². The monoisotopic (exact) mass is 216 g/mol. The maximum absolute atomic E-state index is 10.8. The molecule has 0 spiro atoms. The van der Waals surface area contributed by atoms with Crippen LogP contribution in [0.2, 0.25) is 0 Å². The molecule has 4 heteroatoms. The van der Waals surface area contributed by atoms with Gasteiger partial charge in [0.05, 0.1) is 6.61 Å². The fraction of sp³-hybridized carbons (Fsp3) is 0.250. The lowest BCUT2D eigenvalue weighted by Crippen LogP contribution is -1.96. The van der Waals surface area contributed by atoms with Crippen molar-refractivity contribution in [1.82, 2.24) is 0 Å². The van der Waals surface area contributed by atoms with Crippen LogP contribution in [0.5, 0.6) is 0 Å². The Morgan fingerprint density at radius 2 is 2.25 bits per heavy atom. The molecule has 0 saturated carbocycles. The Labute approximate surface area is 91.9 Å². The van der Waals surface area contributed by atoms with E-state index in [1.54, 1.807) is 12.1 Å². The first-order valence-corrected chi connectivity index (χ1v) is 4.67. The standard InChI is InChI=1S/C12H8O4/c13-8-11-10(16-11)6-2-1-4-9-5-3-7-12(14)15-9/h3,5,7,10-11,13H,8H2/t10-,11-/m1/s1. The third-order valence-electron chi connectivity index (χ3n) is 1.92. The minimum Gasteiger partial charge on any atom is -0.414 e. The van der Waals surface area contributed by atoms with Crippen molar-refractivity contribution in [3.63, 3.8) is 0 Å². The van der Waals surface area contributed by atoms with Crippen molar-refractivity contribution in [3.8, 4) is 23.7 Å². The highest BCUT2D eigenvalue weighted by molar-refractivity contribution is 5.35. The molecule has 4 nitrogen and oxygen atoms in total. The van der Waals surface area contributed by atoms with E-state index in [4.69, 9.17) is 14.3 Å².